The van der Waals surface area contributed by atoms with E-state index >= 15 is 0 Å². The Kier molecular flexibility index (Phi) is 7.66. The maximum atomic E-state index is 13.0. The van der Waals surface area contributed by atoms with E-state index in [2.05, 4.69) is 19.2 Å². The van der Waals surface area contributed by atoms with Gasteiger partial charge in [-0.25, -0.2) is 0 Å². The van der Waals surface area contributed by atoms with Gasteiger partial charge in [0.05, 0.1) is 13.7 Å². The Hall–Kier alpha value is -2.08. The molecule has 1 heterocycles. The Morgan fingerprint density at radius 1 is 1.22 bits per heavy atom. The van der Waals surface area contributed by atoms with Crippen molar-refractivity contribution in [2.24, 2.45) is 11.8 Å². The molecule has 0 bridgehead atoms. The number of anilines is 1. The summed E-state index contributed by atoms with van der Waals surface area (Å²) >= 11 is 0. The predicted octanol–water partition coefficient (Wildman–Crippen LogP) is 1.43. The third-order valence-electron chi connectivity index (χ3n) is 5.38. The molecule has 0 saturated carbocycles. The highest BCUT2D eigenvalue weighted by molar-refractivity contribution is 5.91. The van der Waals surface area contributed by atoms with Crippen LogP contribution in [0.4, 0.5) is 5.69 Å². The van der Waals surface area contributed by atoms with E-state index in [1.165, 1.54) is 6.42 Å². The number of piperidine rings is 1. The lowest BCUT2D eigenvalue weighted by Gasteiger charge is -2.37. The highest BCUT2D eigenvalue weighted by Gasteiger charge is 2.33. The minimum absolute atomic E-state index is 0.0861. The quantitative estimate of drug-likeness (QED) is 0.757. The van der Waals surface area contributed by atoms with E-state index in [-0.39, 0.29) is 24.4 Å². The van der Waals surface area contributed by atoms with Gasteiger partial charge in [0.15, 0.2) is 12.6 Å². The molecule has 4 atom stereocenters. The van der Waals surface area contributed by atoms with Crippen molar-refractivity contribution in [1.82, 2.24) is 4.90 Å². The lowest BCUT2D eigenvalue weighted by Crippen LogP contribution is -3.17. The molecule has 1 aromatic carbocycles. The molecule has 1 fully saturated rings. The van der Waals surface area contributed by atoms with Gasteiger partial charge in [0, 0.05) is 18.8 Å². The Morgan fingerprint density at radius 2 is 1.81 bits per heavy atom. The number of benzene rings is 1. The number of likely N-dealkylation sites (N-methyl/N-ethyl adjacent to an activating group) is 1. The van der Waals surface area contributed by atoms with Crippen LogP contribution in [0, 0.1) is 11.8 Å². The zero-order valence-corrected chi connectivity index (χ0v) is 17.2. The Bertz CT molecular complexity index is 622. The van der Waals surface area contributed by atoms with Gasteiger partial charge < -0.3 is 19.9 Å². The average molecular weight is 377 g/mol. The summed E-state index contributed by atoms with van der Waals surface area (Å²) in [4.78, 5) is 28.4. The number of quaternary nitrogens is 1. The second-order valence-electron chi connectivity index (χ2n) is 7.88. The molecule has 1 aromatic rings. The van der Waals surface area contributed by atoms with Crippen LogP contribution in [0.3, 0.4) is 0 Å². The van der Waals surface area contributed by atoms with E-state index in [1.807, 2.05) is 43.0 Å². The van der Waals surface area contributed by atoms with Gasteiger partial charge in [-0.1, -0.05) is 13.8 Å². The topological polar surface area (TPSA) is 63.1 Å². The van der Waals surface area contributed by atoms with Crippen LogP contribution >= 0.6 is 0 Å². The smallest absolute Gasteiger partial charge is 0.280 e. The first-order chi connectivity index (χ1) is 12.8. The normalized spacial score (nSPS) is 22.0. The summed E-state index contributed by atoms with van der Waals surface area (Å²) in [6.45, 7) is 11.0. The van der Waals surface area contributed by atoms with Gasteiger partial charge in [0.1, 0.15) is 5.75 Å². The first-order valence-electron chi connectivity index (χ1n) is 9.91. The van der Waals surface area contributed by atoms with Gasteiger partial charge in [0.2, 0.25) is 0 Å². The number of carbonyl (C=O) groups excluding carboxylic acids is 2. The van der Waals surface area contributed by atoms with Crippen molar-refractivity contribution in [3.05, 3.63) is 24.3 Å². The number of likely N-dealkylation sites (tertiary alicyclic amines) is 1. The number of carbonyl (C=O) groups is 2. The molecule has 0 radical (unpaired) electrons. The zero-order valence-electron chi connectivity index (χ0n) is 17.2. The molecule has 1 saturated heterocycles. The van der Waals surface area contributed by atoms with Crippen molar-refractivity contribution >= 4 is 17.5 Å². The third-order valence-corrected chi connectivity index (χ3v) is 5.38. The molecule has 0 aliphatic carbocycles. The van der Waals surface area contributed by atoms with Crippen LogP contribution < -0.4 is 15.0 Å². The Labute approximate surface area is 162 Å². The maximum Gasteiger partial charge on any atom is 0.280 e. The van der Waals surface area contributed by atoms with Crippen LogP contribution in [-0.2, 0) is 9.59 Å². The van der Waals surface area contributed by atoms with E-state index in [1.54, 1.807) is 7.11 Å². The van der Waals surface area contributed by atoms with Gasteiger partial charge >= 0.3 is 0 Å². The molecule has 1 aliphatic heterocycles. The largest absolute Gasteiger partial charge is 0.497 e. The first-order valence-corrected chi connectivity index (χ1v) is 9.91. The molecule has 2 N–H and O–H groups in total. The Morgan fingerprint density at radius 3 is 2.33 bits per heavy atom. The van der Waals surface area contributed by atoms with Gasteiger partial charge in [-0.3, -0.25) is 9.59 Å². The van der Waals surface area contributed by atoms with E-state index in [0.717, 1.165) is 36.0 Å². The van der Waals surface area contributed by atoms with Crippen LogP contribution in [0.5, 0.6) is 5.75 Å². The SMILES string of the molecule is CC[NH+](CC(=O)Nc1ccc(OC)cc1)[C@H](C)C(=O)N1C[C@H](C)C[C@H](C)C1. The number of amides is 2. The summed E-state index contributed by atoms with van der Waals surface area (Å²) in [5, 5.41) is 2.91. The fourth-order valence-corrected chi connectivity index (χ4v) is 3.96. The molecular weight excluding hydrogens is 342 g/mol. The fourth-order valence-electron chi connectivity index (χ4n) is 3.96. The Balaban J connectivity index is 1.93. The molecule has 6 heteroatoms. The van der Waals surface area contributed by atoms with E-state index < -0.39 is 0 Å². The minimum Gasteiger partial charge on any atom is -0.497 e. The van der Waals surface area contributed by atoms with Crippen molar-refractivity contribution in [3.8, 4) is 5.75 Å². The van der Waals surface area contributed by atoms with Gasteiger partial charge in [0.25, 0.3) is 11.8 Å². The monoisotopic (exact) mass is 376 g/mol. The van der Waals surface area contributed by atoms with Gasteiger partial charge in [-0.15, -0.1) is 0 Å². The number of nitrogens with one attached hydrogen (secondary N) is 2. The van der Waals surface area contributed by atoms with Crippen LogP contribution in [0.1, 0.15) is 34.1 Å². The summed E-state index contributed by atoms with van der Waals surface area (Å²) in [6, 6.07) is 7.02. The second-order valence-corrected chi connectivity index (χ2v) is 7.88. The van der Waals surface area contributed by atoms with Crippen LogP contribution in [-0.4, -0.2) is 56.0 Å². The molecule has 1 unspecified atom stereocenters. The molecule has 27 heavy (non-hydrogen) atoms. The average Bonchev–Trinajstić information content (AvgIpc) is 2.64. The van der Waals surface area contributed by atoms with Crippen LogP contribution in [0.25, 0.3) is 0 Å². The molecule has 0 aromatic heterocycles. The summed E-state index contributed by atoms with van der Waals surface area (Å²) in [5.41, 5.74) is 0.730. The number of ether oxygens (including phenoxy) is 1. The van der Waals surface area contributed by atoms with Gasteiger partial charge in [-0.05, 0) is 56.4 Å². The summed E-state index contributed by atoms with van der Waals surface area (Å²) in [7, 11) is 1.61. The molecule has 0 spiro atoms. The first kappa shape index (κ1) is 21.2. The summed E-state index contributed by atoms with van der Waals surface area (Å²) in [6.07, 6.45) is 1.17. The van der Waals surface area contributed by atoms with Crippen molar-refractivity contribution in [1.29, 1.82) is 0 Å². The summed E-state index contributed by atoms with van der Waals surface area (Å²) in [5.74, 6) is 1.89. The second kappa shape index (κ2) is 9.74. The standard InChI is InChI=1S/C21H33N3O3/c1-6-23(14-20(25)22-18-7-9-19(27-5)10-8-18)17(4)21(26)24-12-15(2)11-16(3)13-24/h7-10,15-17H,6,11-14H2,1-5H3,(H,22,25)/p+1/t15-,16+,17-/m1/s1. The lowest BCUT2D eigenvalue weighted by molar-refractivity contribution is -0.904. The van der Waals surface area contributed by atoms with Crippen LogP contribution in [0.2, 0.25) is 0 Å². The molecule has 1 aliphatic rings. The number of nitrogens with zero attached hydrogens (tertiary/aromatic N) is 1. The fraction of sp³-hybridized carbons (Fsp3) is 0.619. The van der Waals surface area contributed by atoms with Crippen molar-refractivity contribution in [3.63, 3.8) is 0 Å². The van der Waals surface area contributed by atoms with E-state index in [9.17, 15) is 9.59 Å². The van der Waals surface area contributed by atoms with E-state index in [4.69, 9.17) is 4.74 Å². The highest BCUT2D eigenvalue weighted by atomic mass is 16.5. The predicted molar refractivity (Wildman–Crippen MR) is 107 cm³/mol. The highest BCUT2D eigenvalue weighted by Crippen LogP contribution is 2.21. The minimum atomic E-state index is -0.228. The molecule has 150 valence electrons. The van der Waals surface area contributed by atoms with E-state index in [0.29, 0.717) is 11.8 Å². The van der Waals surface area contributed by atoms with Crippen molar-refractivity contribution < 1.29 is 19.2 Å². The number of rotatable bonds is 7. The van der Waals surface area contributed by atoms with Crippen molar-refractivity contribution in [2.75, 3.05) is 38.6 Å². The molecule has 6 nitrogen and oxygen atoms in total. The number of hydrogen-bond acceptors (Lipinski definition) is 3. The van der Waals surface area contributed by atoms with Gasteiger partial charge in [-0.2, -0.15) is 0 Å². The zero-order chi connectivity index (χ0) is 20.0. The molecule has 2 amide bonds. The molecular formula is C21H34N3O3+. The number of methoxy groups -OCH3 is 1. The molecule has 2 rings (SSSR count). The van der Waals surface area contributed by atoms with Crippen molar-refractivity contribution in [2.45, 2.75) is 40.2 Å². The third kappa shape index (κ3) is 5.96. The lowest BCUT2D eigenvalue weighted by atomic mass is 9.91. The summed E-state index contributed by atoms with van der Waals surface area (Å²) < 4.78 is 5.13. The van der Waals surface area contributed by atoms with Crippen LogP contribution in [0.15, 0.2) is 24.3 Å². The number of hydrogen-bond donors (Lipinski definition) is 2. The maximum absolute atomic E-state index is 13.0.